The molecule has 1 aliphatic rings. The molecule has 3 aromatic rings. The van der Waals surface area contributed by atoms with Gasteiger partial charge in [-0.2, -0.15) is 0 Å². The molecule has 156 valence electrons. The highest BCUT2D eigenvalue weighted by Gasteiger charge is 2.19. The van der Waals surface area contributed by atoms with Crippen LogP contribution in [-0.4, -0.2) is 27.1 Å². The molecule has 0 radical (unpaired) electrons. The molecule has 0 amide bonds. The van der Waals surface area contributed by atoms with Crippen molar-refractivity contribution in [3.05, 3.63) is 75.8 Å². The molecule has 0 saturated carbocycles. The third-order valence-corrected chi connectivity index (χ3v) is 5.92. The second kappa shape index (κ2) is 10.3. The molecule has 0 bridgehead atoms. The summed E-state index contributed by atoms with van der Waals surface area (Å²) < 4.78 is 0. The third kappa shape index (κ3) is 5.89. The molecule has 2 aromatic carbocycles. The minimum atomic E-state index is -1.82. The lowest BCUT2D eigenvalue weighted by atomic mass is 9.88. The second-order valence-corrected chi connectivity index (χ2v) is 8.08. The van der Waals surface area contributed by atoms with E-state index in [2.05, 4.69) is 35.0 Å². The Bertz CT molecular complexity index is 1010. The van der Waals surface area contributed by atoms with Gasteiger partial charge >= 0.3 is 11.9 Å². The van der Waals surface area contributed by atoms with Crippen molar-refractivity contribution >= 4 is 34.9 Å². The van der Waals surface area contributed by atoms with Crippen molar-refractivity contribution in [2.24, 2.45) is 0 Å². The summed E-state index contributed by atoms with van der Waals surface area (Å²) in [5.74, 6) is -3.65. The topological polar surface area (TPSA) is 99.5 Å². The zero-order valence-corrected chi connectivity index (χ0v) is 17.6. The minimum absolute atomic E-state index is 0.440. The summed E-state index contributed by atoms with van der Waals surface area (Å²) in [5.41, 5.74) is 5.17. The van der Waals surface area contributed by atoms with Crippen LogP contribution in [0, 0.1) is 0 Å². The van der Waals surface area contributed by atoms with Crippen LogP contribution in [0.1, 0.15) is 35.7 Å². The number of hydrogen-bond donors (Lipinski definition) is 3. The Labute approximate surface area is 183 Å². The standard InChI is InChI=1S/C20H19ClN2S.C2H2O4/c21-16-10-8-15(9-11-16)20-23-17(13-24-20)12-22-19-7-3-5-14-4-1-2-6-18(14)19;3-1(4)2(5)6/h1-2,4,6,8-11,13,19,22H,3,5,7,12H2;(H,3,4)(H,5,6). The van der Waals surface area contributed by atoms with Crippen LogP contribution in [-0.2, 0) is 22.6 Å². The van der Waals surface area contributed by atoms with Crippen LogP contribution in [0.25, 0.3) is 10.6 Å². The van der Waals surface area contributed by atoms with Crippen molar-refractivity contribution < 1.29 is 19.8 Å². The van der Waals surface area contributed by atoms with Crippen molar-refractivity contribution in [2.45, 2.75) is 31.8 Å². The van der Waals surface area contributed by atoms with Crippen LogP contribution in [0.2, 0.25) is 5.02 Å². The molecule has 1 unspecified atom stereocenters. The molecule has 0 fully saturated rings. The highest BCUT2D eigenvalue weighted by atomic mass is 35.5. The van der Waals surface area contributed by atoms with Gasteiger partial charge in [-0.15, -0.1) is 11.3 Å². The summed E-state index contributed by atoms with van der Waals surface area (Å²) >= 11 is 7.64. The number of fused-ring (bicyclic) bond motifs is 1. The Kier molecular flexibility index (Phi) is 7.57. The van der Waals surface area contributed by atoms with Gasteiger partial charge in [0.25, 0.3) is 0 Å². The van der Waals surface area contributed by atoms with E-state index in [1.807, 2.05) is 24.3 Å². The van der Waals surface area contributed by atoms with E-state index in [4.69, 9.17) is 36.4 Å². The van der Waals surface area contributed by atoms with E-state index in [0.717, 1.165) is 27.8 Å². The van der Waals surface area contributed by atoms with Crippen LogP contribution in [0.5, 0.6) is 0 Å². The number of aryl methyl sites for hydroxylation is 1. The number of hydrogen-bond acceptors (Lipinski definition) is 5. The zero-order valence-electron chi connectivity index (χ0n) is 16.0. The molecule has 1 aliphatic carbocycles. The molecule has 1 atom stereocenters. The van der Waals surface area contributed by atoms with Gasteiger partial charge in [0.15, 0.2) is 0 Å². The number of thiazole rings is 1. The van der Waals surface area contributed by atoms with E-state index in [9.17, 15) is 0 Å². The van der Waals surface area contributed by atoms with Gasteiger partial charge in [-0.3, -0.25) is 0 Å². The molecule has 6 nitrogen and oxygen atoms in total. The number of aliphatic carboxylic acids is 2. The van der Waals surface area contributed by atoms with Crippen LogP contribution in [0.4, 0.5) is 0 Å². The molecule has 0 saturated heterocycles. The fourth-order valence-corrected chi connectivity index (χ4v) is 4.26. The largest absolute Gasteiger partial charge is 0.473 e. The number of nitrogens with zero attached hydrogens (tertiary/aromatic N) is 1. The van der Waals surface area contributed by atoms with Crippen LogP contribution in [0.3, 0.4) is 0 Å². The van der Waals surface area contributed by atoms with E-state index < -0.39 is 11.9 Å². The maximum Gasteiger partial charge on any atom is 0.414 e. The van der Waals surface area contributed by atoms with Gasteiger partial charge < -0.3 is 15.5 Å². The number of carboxylic acids is 2. The van der Waals surface area contributed by atoms with Gasteiger partial charge in [0.2, 0.25) is 0 Å². The smallest absolute Gasteiger partial charge is 0.414 e. The van der Waals surface area contributed by atoms with Gasteiger partial charge in [-0.05, 0) is 42.5 Å². The molecular weight excluding hydrogens is 424 g/mol. The number of nitrogens with one attached hydrogen (secondary N) is 1. The predicted molar refractivity (Wildman–Crippen MR) is 117 cm³/mol. The van der Waals surface area contributed by atoms with Gasteiger partial charge in [0.05, 0.1) is 5.69 Å². The predicted octanol–water partition coefficient (Wildman–Crippen LogP) is 4.79. The number of aromatic nitrogens is 1. The summed E-state index contributed by atoms with van der Waals surface area (Å²) in [4.78, 5) is 23.0. The Morgan fingerprint density at radius 3 is 2.50 bits per heavy atom. The number of benzene rings is 2. The lowest BCUT2D eigenvalue weighted by Gasteiger charge is -2.26. The molecule has 8 heteroatoms. The van der Waals surface area contributed by atoms with Crippen molar-refractivity contribution in [3.8, 4) is 10.6 Å². The van der Waals surface area contributed by atoms with Gasteiger partial charge in [0, 0.05) is 28.6 Å². The first-order valence-electron chi connectivity index (χ1n) is 9.42. The number of halogens is 1. The van der Waals surface area contributed by atoms with E-state index in [1.54, 1.807) is 11.3 Å². The Balaban J connectivity index is 0.000000377. The molecule has 0 spiro atoms. The summed E-state index contributed by atoms with van der Waals surface area (Å²) in [6, 6.07) is 17.1. The second-order valence-electron chi connectivity index (χ2n) is 6.79. The van der Waals surface area contributed by atoms with E-state index in [0.29, 0.717) is 6.04 Å². The maximum absolute atomic E-state index is 9.10. The fourth-order valence-electron chi connectivity index (χ4n) is 3.31. The first-order valence-corrected chi connectivity index (χ1v) is 10.7. The number of carboxylic acid groups (broad SMARTS) is 2. The van der Waals surface area contributed by atoms with Gasteiger partial charge in [-0.25, -0.2) is 14.6 Å². The summed E-state index contributed by atoms with van der Waals surface area (Å²) in [7, 11) is 0. The van der Waals surface area contributed by atoms with E-state index in [1.165, 1.54) is 30.4 Å². The average molecular weight is 445 g/mol. The van der Waals surface area contributed by atoms with Crippen LogP contribution in [0.15, 0.2) is 53.9 Å². The first kappa shape index (κ1) is 22.0. The van der Waals surface area contributed by atoms with Crippen molar-refractivity contribution in [1.82, 2.24) is 10.3 Å². The lowest BCUT2D eigenvalue weighted by molar-refractivity contribution is -0.159. The van der Waals surface area contributed by atoms with Crippen LogP contribution < -0.4 is 5.32 Å². The number of rotatable bonds is 4. The molecule has 1 aromatic heterocycles. The summed E-state index contributed by atoms with van der Waals surface area (Å²) in [5, 5.41) is 22.4. The quantitative estimate of drug-likeness (QED) is 0.500. The lowest BCUT2D eigenvalue weighted by Crippen LogP contribution is -2.24. The molecule has 1 heterocycles. The third-order valence-electron chi connectivity index (χ3n) is 4.72. The van der Waals surface area contributed by atoms with Gasteiger partial charge in [0.1, 0.15) is 5.01 Å². The molecular formula is C22H21ClN2O4S. The highest BCUT2D eigenvalue weighted by Crippen LogP contribution is 2.30. The van der Waals surface area contributed by atoms with Crippen molar-refractivity contribution in [2.75, 3.05) is 0 Å². The summed E-state index contributed by atoms with van der Waals surface area (Å²) in [6.45, 7) is 0.809. The average Bonchev–Trinajstić information content (AvgIpc) is 3.22. The normalized spacial score (nSPS) is 14.9. The minimum Gasteiger partial charge on any atom is -0.473 e. The van der Waals surface area contributed by atoms with Crippen molar-refractivity contribution in [3.63, 3.8) is 0 Å². The SMILES string of the molecule is Clc1ccc(-c2nc(CNC3CCCc4ccccc43)cs2)cc1.O=C(O)C(=O)O. The first-order chi connectivity index (χ1) is 14.4. The fraction of sp³-hybridized carbons (Fsp3) is 0.227. The van der Waals surface area contributed by atoms with Crippen molar-refractivity contribution in [1.29, 1.82) is 0 Å². The molecule has 0 aliphatic heterocycles. The summed E-state index contributed by atoms with van der Waals surface area (Å²) in [6.07, 6.45) is 3.65. The Morgan fingerprint density at radius 2 is 1.80 bits per heavy atom. The zero-order chi connectivity index (χ0) is 21.5. The number of carbonyl (C=O) groups is 2. The van der Waals surface area contributed by atoms with E-state index >= 15 is 0 Å². The molecule has 30 heavy (non-hydrogen) atoms. The Hall–Kier alpha value is -2.74. The Morgan fingerprint density at radius 1 is 1.10 bits per heavy atom. The molecule has 3 N–H and O–H groups in total. The molecule has 4 rings (SSSR count). The highest BCUT2D eigenvalue weighted by molar-refractivity contribution is 7.13. The van der Waals surface area contributed by atoms with Crippen LogP contribution >= 0.6 is 22.9 Å². The van der Waals surface area contributed by atoms with E-state index in [-0.39, 0.29) is 0 Å². The van der Waals surface area contributed by atoms with Gasteiger partial charge in [-0.1, -0.05) is 48.0 Å². The monoisotopic (exact) mass is 444 g/mol. The maximum atomic E-state index is 9.10.